The summed E-state index contributed by atoms with van der Waals surface area (Å²) in [6.07, 6.45) is 4.64. The first kappa shape index (κ1) is 28.0. The van der Waals surface area contributed by atoms with Gasteiger partial charge in [0.15, 0.2) is 0 Å². The summed E-state index contributed by atoms with van der Waals surface area (Å²) in [6, 6.07) is 22.3. The molecule has 2 fully saturated rings. The maximum atomic E-state index is 14.1. The molecule has 3 aromatic rings. The van der Waals surface area contributed by atoms with Crippen molar-refractivity contribution in [3.63, 3.8) is 0 Å². The highest BCUT2D eigenvalue weighted by atomic mass is 19.1. The van der Waals surface area contributed by atoms with E-state index in [1.165, 1.54) is 34.9 Å². The van der Waals surface area contributed by atoms with Crippen LogP contribution in [-0.2, 0) is 22.5 Å². The van der Waals surface area contributed by atoms with Gasteiger partial charge in [-0.25, -0.2) is 4.39 Å². The van der Waals surface area contributed by atoms with E-state index in [0.717, 1.165) is 57.8 Å². The minimum Gasteiger partial charge on any atom is -0.487 e. The third kappa shape index (κ3) is 6.69. The molecule has 2 atom stereocenters. The molecule has 0 aromatic heterocycles. The standard InChI is InChI=1S/C34H42FN3O3/c1-39-19-5-18-37-17-4-6-27-10-9-25(20-33(27)37)24-40-34-21-36-16-15-30(34)26-11-13-28(14-12-26)41-29-22-38(23-29)32-8-3-2-7-31(32)35/h2-3,7-14,20,29-30,34,36H,4-6,15-19,21-24H2,1H3/t30-,34+/m1/s1. The Balaban J connectivity index is 1.04. The van der Waals surface area contributed by atoms with Crippen molar-refractivity contribution in [3.05, 3.63) is 89.2 Å². The van der Waals surface area contributed by atoms with E-state index in [1.807, 2.05) is 17.0 Å². The molecule has 0 radical (unpaired) electrons. The Bertz CT molecular complexity index is 1280. The van der Waals surface area contributed by atoms with E-state index in [2.05, 4.69) is 52.7 Å². The number of halogens is 1. The normalized spacial score (nSPS) is 20.9. The SMILES string of the molecule is COCCCN1CCCc2ccc(CO[C@H]3CNCC[C@@H]3c3ccc(OC4CN(c5ccccc5F)C4)cc3)cc21. The first-order valence-electron chi connectivity index (χ1n) is 15.1. The van der Waals surface area contributed by atoms with E-state index >= 15 is 0 Å². The van der Waals surface area contributed by atoms with Crippen LogP contribution in [0.4, 0.5) is 15.8 Å². The van der Waals surface area contributed by atoms with Crippen LogP contribution in [0.2, 0.25) is 0 Å². The summed E-state index contributed by atoms with van der Waals surface area (Å²) in [5.41, 5.74) is 5.99. The van der Waals surface area contributed by atoms with E-state index < -0.39 is 0 Å². The largest absolute Gasteiger partial charge is 0.487 e. The van der Waals surface area contributed by atoms with E-state index in [9.17, 15) is 4.39 Å². The molecule has 2 saturated heterocycles. The second kappa shape index (κ2) is 13.2. The monoisotopic (exact) mass is 559 g/mol. The molecule has 41 heavy (non-hydrogen) atoms. The second-order valence-corrected chi connectivity index (χ2v) is 11.5. The van der Waals surface area contributed by atoms with E-state index in [-0.39, 0.29) is 18.0 Å². The molecule has 7 heteroatoms. The minimum absolute atomic E-state index is 0.0722. The summed E-state index contributed by atoms with van der Waals surface area (Å²) in [7, 11) is 1.77. The summed E-state index contributed by atoms with van der Waals surface area (Å²) >= 11 is 0. The quantitative estimate of drug-likeness (QED) is 0.311. The number of hydrogen-bond acceptors (Lipinski definition) is 6. The zero-order valence-corrected chi connectivity index (χ0v) is 24.1. The molecule has 0 spiro atoms. The van der Waals surface area contributed by atoms with Gasteiger partial charge in [0.25, 0.3) is 0 Å². The molecule has 0 aliphatic carbocycles. The highest BCUT2D eigenvalue weighted by Gasteiger charge is 2.31. The minimum atomic E-state index is -0.180. The Hall–Kier alpha value is -3.13. The topological polar surface area (TPSA) is 46.2 Å². The van der Waals surface area contributed by atoms with Crippen LogP contribution < -0.4 is 19.9 Å². The molecule has 1 N–H and O–H groups in total. The summed E-state index contributed by atoms with van der Waals surface area (Å²) in [5, 5.41) is 3.53. The maximum absolute atomic E-state index is 14.1. The van der Waals surface area contributed by atoms with Gasteiger partial charge in [0, 0.05) is 45.0 Å². The molecule has 218 valence electrons. The average molecular weight is 560 g/mol. The number of methoxy groups -OCH3 is 1. The van der Waals surface area contributed by atoms with Crippen molar-refractivity contribution in [3.8, 4) is 5.75 Å². The molecule has 6 nitrogen and oxygen atoms in total. The van der Waals surface area contributed by atoms with Gasteiger partial charge in [0.05, 0.1) is 31.5 Å². The average Bonchev–Trinajstić information content (AvgIpc) is 2.99. The van der Waals surface area contributed by atoms with Crippen molar-refractivity contribution in [2.45, 2.75) is 50.4 Å². The Kier molecular flexibility index (Phi) is 9.04. The van der Waals surface area contributed by atoms with Crippen LogP contribution in [-0.4, -0.2) is 65.2 Å². The predicted molar refractivity (Wildman–Crippen MR) is 162 cm³/mol. The molecule has 3 aliphatic rings. The maximum Gasteiger partial charge on any atom is 0.146 e. The summed E-state index contributed by atoms with van der Waals surface area (Å²) in [4.78, 5) is 4.53. The number of benzene rings is 3. The third-order valence-corrected chi connectivity index (χ3v) is 8.68. The Labute approximate surface area is 243 Å². The highest BCUT2D eigenvalue weighted by Crippen LogP contribution is 2.33. The highest BCUT2D eigenvalue weighted by molar-refractivity contribution is 5.57. The molecular formula is C34H42FN3O3. The zero-order valence-electron chi connectivity index (χ0n) is 24.1. The molecule has 0 amide bonds. The van der Waals surface area contributed by atoms with Crippen molar-refractivity contribution in [1.82, 2.24) is 5.32 Å². The Morgan fingerprint density at radius 3 is 2.68 bits per heavy atom. The summed E-state index contributed by atoms with van der Waals surface area (Å²) < 4.78 is 32.1. The number of anilines is 2. The molecule has 3 heterocycles. The number of rotatable bonds is 11. The molecule has 0 saturated carbocycles. The third-order valence-electron chi connectivity index (χ3n) is 8.68. The number of aryl methyl sites for hydroxylation is 1. The van der Waals surface area contributed by atoms with Gasteiger partial charge in [-0.1, -0.05) is 36.4 Å². The van der Waals surface area contributed by atoms with Crippen LogP contribution in [0.15, 0.2) is 66.7 Å². The molecule has 3 aromatic carbocycles. The van der Waals surface area contributed by atoms with Crippen molar-refractivity contribution >= 4 is 11.4 Å². The molecular weight excluding hydrogens is 517 g/mol. The fraction of sp³-hybridized carbons (Fsp3) is 0.471. The van der Waals surface area contributed by atoms with Gasteiger partial charge in [-0.3, -0.25) is 0 Å². The van der Waals surface area contributed by atoms with Crippen LogP contribution in [0, 0.1) is 5.82 Å². The van der Waals surface area contributed by atoms with Gasteiger partial charge in [0.1, 0.15) is 17.7 Å². The van der Waals surface area contributed by atoms with Gasteiger partial charge >= 0.3 is 0 Å². The van der Waals surface area contributed by atoms with Gasteiger partial charge < -0.3 is 29.3 Å². The zero-order chi connectivity index (χ0) is 28.0. The number of fused-ring (bicyclic) bond motifs is 1. The molecule has 0 unspecified atom stereocenters. The number of hydrogen-bond donors (Lipinski definition) is 1. The van der Waals surface area contributed by atoms with E-state index in [1.54, 1.807) is 13.2 Å². The lowest BCUT2D eigenvalue weighted by Gasteiger charge is -2.40. The number of nitrogens with one attached hydrogen (secondary N) is 1. The fourth-order valence-electron chi connectivity index (χ4n) is 6.41. The molecule has 6 rings (SSSR count). The van der Waals surface area contributed by atoms with Crippen LogP contribution in [0.5, 0.6) is 5.75 Å². The predicted octanol–water partition coefficient (Wildman–Crippen LogP) is 5.54. The van der Waals surface area contributed by atoms with E-state index in [0.29, 0.717) is 31.3 Å². The lowest BCUT2D eigenvalue weighted by Crippen LogP contribution is -2.54. The molecule has 3 aliphatic heterocycles. The van der Waals surface area contributed by atoms with Crippen molar-refractivity contribution in [1.29, 1.82) is 0 Å². The van der Waals surface area contributed by atoms with Crippen molar-refractivity contribution < 1.29 is 18.6 Å². The van der Waals surface area contributed by atoms with Gasteiger partial charge in [-0.05, 0) is 79.3 Å². The second-order valence-electron chi connectivity index (χ2n) is 11.5. The smallest absolute Gasteiger partial charge is 0.146 e. The number of para-hydroxylation sites is 1. The molecule has 0 bridgehead atoms. The number of ether oxygens (including phenoxy) is 3. The Morgan fingerprint density at radius 2 is 1.85 bits per heavy atom. The van der Waals surface area contributed by atoms with Gasteiger partial charge in [-0.15, -0.1) is 0 Å². The number of piperidine rings is 1. The van der Waals surface area contributed by atoms with Crippen molar-refractivity contribution in [2.75, 3.05) is 62.8 Å². The lowest BCUT2D eigenvalue weighted by molar-refractivity contribution is 0.0106. The van der Waals surface area contributed by atoms with Crippen molar-refractivity contribution in [2.24, 2.45) is 0 Å². The van der Waals surface area contributed by atoms with Crippen LogP contribution in [0.3, 0.4) is 0 Å². The number of nitrogens with zero attached hydrogens (tertiary/aromatic N) is 2. The van der Waals surface area contributed by atoms with Crippen LogP contribution in [0.1, 0.15) is 41.9 Å². The first-order valence-corrected chi connectivity index (χ1v) is 15.1. The van der Waals surface area contributed by atoms with Crippen LogP contribution >= 0.6 is 0 Å². The van der Waals surface area contributed by atoms with Gasteiger partial charge in [0.2, 0.25) is 0 Å². The summed E-state index contributed by atoms with van der Waals surface area (Å²) in [6.45, 7) is 6.79. The fourth-order valence-corrected chi connectivity index (χ4v) is 6.41. The van der Waals surface area contributed by atoms with Gasteiger partial charge in [-0.2, -0.15) is 0 Å². The summed E-state index contributed by atoms with van der Waals surface area (Å²) in [5.74, 6) is 1.02. The van der Waals surface area contributed by atoms with E-state index in [4.69, 9.17) is 14.2 Å². The first-order chi connectivity index (χ1) is 20.2. The Morgan fingerprint density at radius 1 is 1.00 bits per heavy atom. The lowest BCUT2D eigenvalue weighted by atomic mass is 9.87. The van der Waals surface area contributed by atoms with Crippen LogP contribution in [0.25, 0.3) is 0 Å².